The molecule has 0 saturated heterocycles. The van der Waals surface area contributed by atoms with Crippen molar-refractivity contribution in [2.75, 3.05) is 5.01 Å². The molecule has 26 heavy (non-hydrogen) atoms. The van der Waals surface area contributed by atoms with Crippen molar-refractivity contribution in [1.29, 1.82) is 0 Å². The highest BCUT2D eigenvalue weighted by molar-refractivity contribution is 9.10. The number of rotatable bonds is 3. The molecule has 2 heterocycles. The van der Waals surface area contributed by atoms with Gasteiger partial charge in [0.2, 0.25) is 5.95 Å². The van der Waals surface area contributed by atoms with Crippen LogP contribution < -0.4 is 5.01 Å². The fourth-order valence-corrected chi connectivity index (χ4v) is 3.47. The number of hydrazone groups is 1. The van der Waals surface area contributed by atoms with Crippen molar-refractivity contribution < 1.29 is 0 Å². The van der Waals surface area contributed by atoms with Gasteiger partial charge in [0, 0.05) is 28.3 Å². The summed E-state index contributed by atoms with van der Waals surface area (Å²) < 4.78 is 1.88. The van der Waals surface area contributed by atoms with Crippen LogP contribution >= 0.6 is 43.5 Å². The zero-order valence-corrected chi connectivity index (χ0v) is 17.4. The van der Waals surface area contributed by atoms with Crippen LogP contribution in [0.25, 0.3) is 0 Å². The minimum atomic E-state index is 0.0370. The molecule has 0 saturated carbocycles. The van der Waals surface area contributed by atoms with E-state index in [0.29, 0.717) is 11.0 Å². The highest BCUT2D eigenvalue weighted by atomic mass is 79.9. The lowest BCUT2D eigenvalue weighted by Crippen LogP contribution is -2.20. The van der Waals surface area contributed by atoms with Gasteiger partial charge in [0.15, 0.2) is 0 Å². The molecule has 1 atom stereocenters. The van der Waals surface area contributed by atoms with Gasteiger partial charge < -0.3 is 0 Å². The molecule has 0 radical (unpaired) electrons. The first-order valence-electron chi connectivity index (χ1n) is 7.96. The van der Waals surface area contributed by atoms with Crippen molar-refractivity contribution >= 4 is 55.1 Å². The number of aromatic nitrogens is 2. The molecule has 3 aromatic rings. The van der Waals surface area contributed by atoms with Crippen molar-refractivity contribution in [3.63, 3.8) is 0 Å². The molecule has 0 amide bonds. The van der Waals surface area contributed by atoms with Crippen LogP contribution in [0, 0.1) is 0 Å². The standard InChI is InChI=1S/C19H13Br2ClN4/c20-14-5-1-13(2-6-14)18-9-17(12-3-7-16(22)8-4-12)25-26(18)19-23-10-15(21)11-24-19/h1-8,10-11,18H,9H2. The van der Waals surface area contributed by atoms with E-state index >= 15 is 0 Å². The van der Waals surface area contributed by atoms with Gasteiger partial charge in [0.25, 0.3) is 0 Å². The van der Waals surface area contributed by atoms with Crippen molar-refractivity contribution in [3.8, 4) is 0 Å². The Bertz CT molecular complexity index is 941. The Kier molecular flexibility index (Phi) is 5.07. The smallest absolute Gasteiger partial charge is 0.223 e. The molecule has 7 heteroatoms. The maximum absolute atomic E-state index is 6.02. The van der Waals surface area contributed by atoms with E-state index in [2.05, 4.69) is 54.0 Å². The second-order valence-electron chi connectivity index (χ2n) is 5.87. The highest BCUT2D eigenvalue weighted by Gasteiger charge is 2.31. The second kappa shape index (κ2) is 7.47. The van der Waals surface area contributed by atoms with Crippen molar-refractivity contribution in [2.24, 2.45) is 5.10 Å². The molecule has 4 nitrogen and oxygen atoms in total. The van der Waals surface area contributed by atoms with Crippen LogP contribution in [0.3, 0.4) is 0 Å². The summed E-state index contributed by atoms with van der Waals surface area (Å²) in [6.07, 6.45) is 4.23. The lowest BCUT2D eigenvalue weighted by Gasteiger charge is -2.21. The van der Waals surface area contributed by atoms with Crippen LogP contribution in [0.15, 0.2) is 75.0 Å². The van der Waals surface area contributed by atoms with Crippen LogP contribution in [-0.2, 0) is 0 Å². The Labute approximate surface area is 173 Å². The van der Waals surface area contributed by atoms with E-state index in [1.165, 1.54) is 0 Å². The van der Waals surface area contributed by atoms with Crippen LogP contribution in [0.1, 0.15) is 23.6 Å². The maximum atomic E-state index is 6.02. The first kappa shape index (κ1) is 17.6. The van der Waals surface area contributed by atoms with E-state index in [9.17, 15) is 0 Å². The molecular formula is C19H13Br2ClN4. The van der Waals surface area contributed by atoms with Crippen molar-refractivity contribution in [3.05, 3.63) is 86.0 Å². The Balaban J connectivity index is 1.74. The van der Waals surface area contributed by atoms with E-state index in [1.54, 1.807) is 12.4 Å². The Morgan fingerprint density at radius 3 is 2.19 bits per heavy atom. The number of halogens is 3. The van der Waals surface area contributed by atoms with Crippen LogP contribution in [0.4, 0.5) is 5.95 Å². The molecule has 1 aromatic heterocycles. The molecule has 1 unspecified atom stereocenters. The molecule has 1 aliphatic heterocycles. The molecule has 130 valence electrons. The van der Waals surface area contributed by atoms with Gasteiger partial charge >= 0.3 is 0 Å². The topological polar surface area (TPSA) is 41.4 Å². The molecule has 4 rings (SSSR count). The minimum absolute atomic E-state index is 0.0370. The van der Waals surface area contributed by atoms with Gasteiger partial charge in [-0.05, 0) is 51.3 Å². The zero-order valence-electron chi connectivity index (χ0n) is 13.5. The van der Waals surface area contributed by atoms with Crippen molar-refractivity contribution in [2.45, 2.75) is 12.5 Å². The predicted octanol–water partition coefficient (Wildman–Crippen LogP) is 6.01. The summed E-state index contributed by atoms with van der Waals surface area (Å²) >= 11 is 12.9. The summed E-state index contributed by atoms with van der Waals surface area (Å²) in [6, 6.07) is 16.1. The lowest BCUT2D eigenvalue weighted by molar-refractivity contribution is 0.686. The highest BCUT2D eigenvalue weighted by Crippen LogP contribution is 2.35. The van der Waals surface area contributed by atoms with E-state index in [0.717, 1.165) is 32.2 Å². The molecule has 1 aliphatic rings. The minimum Gasteiger partial charge on any atom is -0.223 e. The molecule has 2 aromatic carbocycles. The van der Waals surface area contributed by atoms with Gasteiger partial charge in [-0.2, -0.15) is 5.10 Å². The number of nitrogens with zero attached hydrogens (tertiary/aromatic N) is 4. The van der Waals surface area contributed by atoms with Gasteiger partial charge in [0.1, 0.15) is 0 Å². The summed E-state index contributed by atoms with van der Waals surface area (Å²) in [5.41, 5.74) is 3.20. The monoisotopic (exact) mass is 490 g/mol. The predicted molar refractivity (Wildman–Crippen MR) is 112 cm³/mol. The Hall–Kier alpha value is -1.76. The van der Waals surface area contributed by atoms with Crippen LogP contribution in [0.2, 0.25) is 5.02 Å². The number of anilines is 1. The van der Waals surface area contributed by atoms with Gasteiger partial charge in [-0.3, -0.25) is 0 Å². The molecule has 0 fully saturated rings. The third kappa shape index (κ3) is 3.68. The van der Waals surface area contributed by atoms with E-state index < -0.39 is 0 Å². The molecule has 0 spiro atoms. The quantitative estimate of drug-likeness (QED) is 0.450. The van der Waals surface area contributed by atoms with Crippen LogP contribution in [-0.4, -0.2) is 15.7 Å². The molecule has 0 bridgehead atoms. The average Bonchev–Trinajstić information content (AvgIpc) is 3.09. The van der Waals surface area contributed by atoms with Gasteiger partial charge in [-0.1, -0.05) is 51.8 Å². The van der Waals surface area contributed by atoms with E-state index in [4.69, 9.17) is 16.7 Å². The third-order valence-corrected chi connectivity index (χ3v) is 5.34. The average molecular weight is 493 g/mol. The fraction of sp³-hybridized carbons (Fsp3) is 0.105. The van der Waals surface area contributed by atoms with Crippen molar-refractivity contribution in [1.82, 2.24) is 9.97 Å². The summed E-state index contributed by atoms with van der Waals surface area (Å²) in [4.78, 5) is 8.85. The number of hydrogen-bond donors (Lipinski definition) is 0. The largest absolute Gasteiger partial charge is 0.246 e. The maximum Gasteiger partial charge on any atom is 0.246 e. The van der Waals surface area contributed by atoms with E-state index in [1.807, 2.05) is 41.4 Å². The number of benzene rings is 2. The lowest BCUT2D eigenvalue weighted by atomic mass is 9.98. The van der Waals surface area contributed by atoms with Gasteiger partial charge in [-0.25, -0.2) is 15.0 Å². The summed E-state index contributed by atoms with van der Waals surface area (Å²) in [5.74, 6) is 0.574. The SMILES string of the molecule is Clc1ccc(C2=NN(c3ncc(Br)cn3)C(c3ccc(Br)cc3)C2)cc1. The third-order valence-electron chi connectivity index (χ3n) is 4.15. The summed E-state index contributed by atoms with van der Waals surface area (Å²) in [5, 5.41) is 7.42. The fourth-order valence-electron chi connectivity index (χ4n) is 2.88. The van der Waals surface area contributed by atoms with Gasteiger partial charge in [-0.15, -0.1) is 0 Å². The first-order valence-corrected chi connectivity index (χ1v) is 9.92. The molecule has 0 N–H and O–H groups in total. The first-order chi connectivity index (χ1) is 12.6. The van der Waals surface area contributed by atoms with Crippen LogP contribution in [0.5, 0.6) is 0 Å². The number of hydrogen-bond acceptors (Lipinski definition) is 4. The zero-order chi connectivity index (χ0) is 18.1. The Morgan fingerprint density at radius 2 is 1.54 bits per heavy atom. The molecule has 0 aliphatic carbocycles. The summed E-state index contributed by atoms with van der Waals surface area (Å²) in [6.45, 7) is 0. The van der Waals surface area contributed by atoms with Gasteiger partial charge in [0.05, 0.1) is 16.2 Å². The Morgan fingerprint density at radius 1 is 0.885 bits per heavy atom. The normalized spacial score (nSPS) is 16.7. The van der Waals surface area contributed by atoms with E-state index in [-0.39, 0.29) is 6.04 Å². The molecular weight excluding hydrogens is 479 g/mol. The second-order valence-corrected chi connectivity index (χ2v) is 8.14. The summed E-state index contributed by atoms with van der Waals surface area (Å²) in [7, 11) is 0.